The van der Waals surface area contributed by atoms with Crippen LogP contribution in [0, 0.1) is 6.92 Å². The molecule has 0 saturated heterocycles. The van der Waals surface area contributed by atoms with E-state index in [1.54, 1.807) is 6.20 Å². The largest absolute Gasteiger partial charge is 0.465 e. The van der Waals surface area contributed by atoms with Crippen LogP contribution in [0.2, 0.25) is 0 Å². The fraction of sp³-hybridized carbons (Fsp3) is 0.188. The smallest absolute Gasteiger partial charge is 0.303 e. The van der Waals surface area contributed by atoms with E-state index in [-0.39, 0.29) is 0 Å². The number of aromatic amines is 1. The number of benzene rings is 1. The predicted molar refractivity (Wildman–Crippen MR) is 84.4 cm³/mol. The molecule has 0 spiro atoms. The minimum Gasteiger partial charge on any atom is -0.465 e. The average molecular weight is 293 g/mol. The highest BCUT2D eigenvalue weighted by Crippen LogP contribution is 2.27. The lowest BCUT2D eigenvalue weighted by atomic mass is 10.2. The van der Waals surface area contributed by atoms with Crippen LogP contribution in [0.1, 0.15) is 12.6 Å². The van der Waals surface area contributed by atoms with E-state index < -0.39 is 0 Å². The van der Waals surface area contributed by atoms with E-state index >= 15 is 0 Å². The van der Waals surface area contributed by atoms with Gasteiger partial charge in [0.1, 0.15) is 5.52 Å². The molecule has 1 aromatic carbocycles. The maximum atomic E-state index is 5.70. The van der Waals surface area contributed by atoms with Gasteiger partial charge in [0.2, 0.25) is 0 Å². The third-order valence-corrected chi connectivity index (χ3v) is 3.57. The summed E-state index contributed by atoms with van der Waals surface area (Å²) >= 11 is 0. The normalized spacial score (nSPS) is 11.4. The van der Waals surface area contributed by atoms with Gasteiger partial charge in [0.05, 0.1) is 24.0 Å². The first-order chi connectivity index (χ1) is 10.8. The molecule has 0 fully saturated rings. The van der Waals surface area contributed by atoms with Crippen LogP contribution in [-0.4, -0.2) is 31.3 Å². The van der Waals surface area contributed by atoms with Crippen molar-refractivity contribution in [3.63, 3.8) is 0 Å². The molecule has 0 atom stereocenters. The summed E-state index contributed by atoms with van der Waals surface area (Å²) in [7, 11) is 0. The van der Waals surface area contributed by atoms with Crippen LogP contribution >= 0.6 is 0 Å². The number of nitrogens with zero attached hydrogens (tertiary/aromatic N) is 4. The summed E-state index contributed by atoms with van der Waals surface area (Å²) in [4.78, 5) is 9.16. The number of hydrogen-bond acceptors (Lipinski definition) is 4. The lowest BCUT2D eigenvalue weighted by molar-refractivity contribution is 0.309. The molecule has 0 unspecified atom stereocenters. The number of fused-ring (bicyclic) bond motifs is 2. The molecule has 3 heterocycles. The number of aromatic nitrogens is 5. The van der Waals surface area contributed by atoms with Gasteiger partial charge in [-0.15, -0.1) is 0 Å². The van der Waals surface area contributed by atoms with Crippen molar-refractivity contribution in [3.05, 3.63) is 42.2 Å². The maximum Gasteiger partial charge on any atom is 0.303 e. The van der Waals surface area contributed by atoms with Crippen molar-refractivity contribution in [2.75, 3.05) is 6.61 Å². The third kappa shape index (κ3) is 1.92. The van der Waals surface area contributed by atoms with Crippen LogP contribution in [0.5, 0.6) is 6.01 Å². The minimum atomic E-state index is 0.552. The number of aryl methyl sites for hydroxylation is 1. The second-order valence-electron chi connectivity index (χ2n) is 5.10. The molecular formula is C16H15N5O. The van der Waals surface area contributed by atoms with Crippen LogP contribution in [0.15, 0.2) is 36.5 Å². The molecule has 0 radical (unpaired) electrons. The molecule has 22 heavy (non-hydrogen) atoms. The van der Waals surface area contributed by atoms with Gasteiger partial charge in [-0.05, 0) is 44.2 Å². The average Bonchev–Trinajstić information content (AvgIpc) is 3.10. The maximum absolute atomic E-state index is 5.70. The number of rotatable bonds is 3. The van der Waals surface area contributed by atoms with Crippen molar-refractivity contribution < 1.29 is 4.74 Å². The van der Waals surface area contributed by atoms with Gasteiger partial charge in [-0.1, -0.05) is 0 Å². The van der Waals surface area contributed by atoms with Crippen molar-refractivity contribution in [3.8, 4) is 11.7 Å². The van der Waals surface area contributed by atoms with E-state index in [9.17, 15) is 0 Å². The summed E-state index contributed by atoms with van der Waals surface area (Å²) in [5, 5.41) is 8.06. The van der Waals surface area contributed by atoms with E-state index in [1.165, 1.54) is 0 Å². The summed E-state index contributed by atoms with van der Waals surface area (Å²) in [6.45, 7) is 4.47. The summed E-state index contributed by atoms with van der Waals surface area (Å²) in [6, 6.07) is 10.5. The molecule has 0 aliphatic carbocycles. The predicted octanol–water partition coefficient (Wildman–Crippen LogP) is 3.00. The third-order valence-electron chi connectivity index (χ3n) is 3.57. The summed E-state index contributed by atoms with van der Waals surface area (Å²) in [5.74, 6) is 0. The summed E-state index contributed by atoms with van der Waals surface area (Å²) < 4.78 is 7.64. The Hall–Kier alpha value is -2.89. The SMILES string of the molecule is CCOc1nc2ccc(C)nc2n1-c1ccc2[nH]ncc2c1. The summed E-state index contributed by atoms with van der Waals surface area (Å²) in [6.07, 6.45) is 1.80. The van der Waals surface area contributed by atoms with Crippen molar-refractivity contribution in [2.24, 2.45) is 0 Å². The van der Waals surface area contributed by atoms with Gasteiger partial charge in [-0.25, -0.2) is 9.55 Å². The molecular weight excluding hydrogens is 278 g/mol. The Kier molecular flexibility index (Phi) is 2.82. The second-order valence-corrected chi connectivity index (χ2v) is 5.10. The number of ether oxygens (including phenoxy) is 1. The van der Waals surface area contributed by atoms with Crippen molar-refractivity contribution in [2.45, 2.75) is 13.8 Å². The van der Waals surface area contributed by atoms with Gasteiger partial charge >= 0.3 is 6.01 Å². The van der Waals surface area contributed by atoms with Crippen LogP contribution in [0.4, 0.5) is 0 Å². The van der Waals surface area contributed by atoms with E-state index in [0.29, 0.717) is 12.6 Å². The Morgan fingerprint density at radius 1 is 1.18 bits per heavy atom. The molecule has 1 N–H and O–H groups in total. The number of imidazole rings is 1. The quantitative estimate of drug-likeness (QED) is 0.630. The first-order valence-corrected chi connectivity index (χ1v) is 7.18. The zero-order valence-electron chi connectivity index (χ0n) is 12.4. The molecule has 0 aliphatic heterocycles. The van der Waals surface area contributed by atoms with Crippen molar-refractivity contribution in [1.82, 2.24) is 24.7 Å². The van der Waals surface area contributed by atoms with Gasteiger partial charge in [0.25, 0.3) is 0 Å². The van der Waals surface area contributed by atoms with E-state index in [0.717, 1.165) is 33.4 Å². The van der Waals surface area contributed by atoms with Gasteiger partial charge in [0, 0.05) is 11.1 Å². The monoisotopic (exact) mass is 293 g/mol. The van der Waals surface area contributed by atoms with Crippen molar-refractivity contribution >= 4 is 22.1 Å². The van der Waals surface area contributed by atoms with Gasteiger partial charge in [-0.3, -0.25) is 5.10 Å². The molecule has 110 valence electrons. The van der Waals surface area contributed by atoms with Crippen LogP contribution < -0.4 is 4.74 Å². The molecule has 0 amide bonds. The molecule has 4 aromatic rings. The van der Waals surface area contributed by atoms with E-state index in [1.807, 2.05) is 48.7 Å². The number of nitrogens with one attached hydrogen (secondary N) is 1. The molecule has 4 rings (SSSR count). The number of hydrogen-bond donors (Lipinski definition) is 1. The highest BCUT2D eigenvalue weighted by molar-refractivity contribution is 5.82. The van der Waals surface area contributed by atoms with E-state index in [4.69, 9.17) is 4.74 Å². The topological polar surface area (TPSA) is 68.6 Å². The van der Waals surface area contributed by atoms with E-state index in [2.05, 4.69) is 20.2 Å². The number of pyridine rings is 1. The van der Waals surface area contributed by atoms with Crippen LogP contribution in [0.25, 0.3) is 27.8 Å². The van der Waals surface area contributed by atoms with Gasteiger partial charge in [0.15, 0.2) is 5.65 Å². The molecule has 0 saturated carbocycles. The molecule has 6 heteroatoms. The van der Waals surface area contributed by atoms with Crippen LogP contribution in [-0.2, 0) is 0 Å². The first kappa shape index (κ1) is 12.8. The fourth-order valence-corrected chi connectivity index (χ4v) is 2.56. The standard InChI is InChI=1S/C16H15N5O/c1-3-22-16-19-14-6-4-10(2)18-15(14)21(16)12-5-7-13-11(8-12)9-17-20-13/h4-9H,3H2,1-2H3,(H,17,20). The first-order valence-electron chi connectivity index (χ1n) is 7.18. The Labute approximate surface area is 126 Å². The highest BCUT2D eigenvalue weighted by Gasteiger charge is 2.15. The summed E-state index contributed by atoms with van der Waals surface area (Å²) in [5.41, 5.74) is 4.52. The minimum absolute atomic E-state index is 0.552. The lowest BCUT2D eigenvalue weighted by Crippen LogP contribution is -2.02. The second kappa shape index (κ2) is 4.84. The molecule has 0 bridgehead atoms. The Balaban J connectivity index is 2.01. The fourth-order valence-electron chi connectivity index (χ4n) is 2.56. The Bertz CT molecular complexity index is 969. The molecule has 6 nitrogen and oxygen atoms in total. The zero-order chi connectivity index (χ0) is 15.1. The highest BCUT2D eigenvalue weighted by atomic mass is 16.5. The molecule has 3 aromatic heterocycles. The van der Waals surface area contributed by atoms with Gasteiger partial charge < -0.3 is 4.74 Å². The van der Waals surface area contributed by atoms with Crippen molar-refractivity contribution in [1.29, 1.82) is 0 Å². The lowest BCUT2D eigenvalue weighted by Gasteiger charge is -2.08. The Morgan fingerprint density at radius 2 is 2.09 bits per heavy atom. The van der Waals surface area contributed by atoms with Crippen LogP contribution in [0.3, 0.4) is 0 Å². The zero-order valence-corrected chi connectivity index (χ0v) is 12.4. The van der Waals surface area contributed by atoms with Gasteiger partial charge in [-0.2, -0.15) is 10.1 Å². The Morgan fingerprint density at radius 3 is 2.95 bits per heavy atom. The number of H-pyrrole nitrogens is 1. The molecule has 0 aliphatic rings.